The molecule has 1 N–H and O–H groups in total. The highest BCUT2D eigenvalue weighted by Crippen LogP contribution is 2.32. The number of nitrogens with zero attached hydrogens (tertiary/aromatic N) is 2. The van der Waals surface area contributed by atoms with Crippen LogP contribution in [0.25, 0.3) is 0 Å². The Morgan fingerprint density at radius 3 is 2.81 bits per heavy atom. The number of rotatable bonds is 2. The van der Waals surface area contributed by atoms with Crippen LogP contribution in [0, 0.1) is 23.1 Å². The molecule has 5 heteroatoms. The minimum Gasteiger partial charge on any atom is -0.396 e. The molecule has 0 unspecified atom stereocenters. The van der Waals surface area contributed by atoms with Crippen LogP contribution in [0.5, 0.6) is 0 Å². The van der Waals surface area contributed by atoms with Crippen LogP contribution in [-0.4, -0.2) is 24.8 Å². The van der Waals surface area contributed by atoms with Gasteiger partial charge in [0.25, 0.3) is 0 Å². The molecule has 0 bridgehead atoms. The molecule has 1 heterocycles. The zero-order valence-electron chi connectivity index (χ0n) is 8.45. The van der Waals surface area contributed by atoms with Gasteiger partial charge in [0.15, 0.2) is 5.82 Å². The zero-order valence-corrected chi connectivity index (χ0v) is 10.0. The summed E-state index contributed by atoms with van der Waals surface area (Å²) in [6, 6.07) is 5.11. The van der Waals surface area contributed by atoms with Gasteiger partial charge in [-0.05, 0) is 28.1 Å². The lowest BCUT2D eigenvalue weighted by atomic mass is 10.00. The monoisotopic (exact) mass is 284 g/mol. The largest absolute Gasteiger partial charge is 0.396 e. The Kier molecular flexibility index (Phi) is 3.13. The fraction of sp³-hybridized carbons (Fsp3) is 0.364. The van der Waals surface area contributed by atoms with Crippen molar-refractivity contribution >= 4 is 21.6 Å². The first kappa shape index (κ1) is 11.4. The molecule has 1 aromatic carbocycles. The summed E-state index contributed by atoms with van der Waals surface area (Å²) in [4.78, 5) is 1.85. The number of hydrogen-bond acceptors (Lipinski definition) is 3. The van der Waals surface area contributed by atoms with Crippen molar-refractivity contribution in [3.63, 3.8) is 0 Å². The summed E-state index contributed by atoms with van der Waals surface area (Å²) in [7, 11) is 0. The molecule has 3 nitrogen and oxygen atoms in total. The van der Waals surface area contributed by atoms with Crippen LogP contribution in [0.3, 0.4) is 0 Å². The quantitative estimate of drug-likeness (QED) is 0.902. The number of hydrogen-bond donors (Lipinski definition) is 1. The van der Waals surface area contributed by atoms with Crippen molar-refractivity contribution in [1.82, 2.24) is 0 Å². The molecule has 0 saturated carbocycles. The van der Waals surface area contributed by atoms with E-state index in [1.54, 1.807) is 12.1 Å². The Morgan fingerprint density at radius 1 is 1.56 bits per heavy atom. The van der Waals surface area contributed by atoms with Gasteiger partial charge in [0.05, 0.1) is 15.7 Å². The number of nitriles is 1. The van der Waals surface area contributed by atoms with Gasteiger partial charge in [-0.25, -0.2) is 4.39 Å². The van der Waals surface area contributed by atoms with E-state index in [1.165, 1.54) is 0 Å². The van der Waals surface area contributed by atoms with Gasteiger partial charge in [-0.2, -0.15) is 5.26 Å². The predicted molar refractivity (Wildman–Crippen MR) is 61.6 cm³/mol. The first-order valence-corrected chi connectivity index (χ1v) is 5.70. The van der Waals surface area contributed by atoms with Crippen molar-refractivity contribution in [1.29, 1.82) is 5.26 Å². The third kappa shape index (κ3) is 1.79. The highest BCUT2D eigenvalue weighted by atomic mass is 79.9. The van der Waals surface area contributed by atoms with E-state index in [-0.39, 0.29) is 17.0 Å². The average Bonchev–Trinajstić information content (AvgIpc) is 2.23. The van der Waals surface area contributed by atoms with E-state index in [4.69, 9.17) is 10.4 Å². The third-order valence-electron chi connectivity index (χ3n) is 2.74. The lowest BCUT2D eigenvalue weighted by molar-refractivity contribution is 0.200. The molecule has 1 aliphatic heterocycles. The normalized spacial score (nSPS) is 15.8. The van der Waals surface area contributed by atoms with Gasteiger partial charge >= 0.3 is 0 Å². The first-order valence-electron chi connectivity index (χ1n) is 4.91. The van der Waals surface area contributed by atoms with Crippen LogP contribution in [0.4, 0.5) is 10.1 Å². The van der Waals surface area contributed by atoms with Crippen LogP contribution in [0.15, 0.2) is 16.6 Å². The predicted octanol–water partition coefficient (Wildman–Crippen LogP) is 1.89. The molecule has 1 aliphatic rings. The molecule has 0 aliphatic carbocycles. The minimum atomic E-state index is -0.407. The molecule has 16 heavy (non-hydrogen) atoms. The summed E-state index contributed by atoms with van der Waals surface area (Å²) in [6.45, 7) is 1.45. The second-order valence-corrected chi connectivity index (χ2v) is 4.62. The van der Waals surface area contributed by atoms with Crippen LogP contribution >= 0.6 is 15.9 Å². The Morgan fingerprint density at radius 2 is 2.25 bits per heavy atom. The smallest absolute Gasteiger partial charge is 0.161 e. The van der Waals surface area contributed by atoms with E-state index >= 15 is 0 Å². The second-order valence-electron chi connectivity index (χ2n) is 3.83. The van der Waals surface area contributed by atoms with E-state index in [1.807, 2.05) is 11.0 Å². The van der Waals surface area contributed by atoms with Crippen molar-refractivity contribution in [3.8, 4) is 6.07 Å². The maximum Gasteiger partial charge on any atom is 0.161 e. The molecule has 1 saturated heterocycles. The number of anilines is 1. The number of aliphatic hydroxyl groups excluding tert-OH is 1. The van der Waals surface area contributed by atoms with Gasteiger partial charge in [-0.1, -0.05) is 0 Å². The Labute approximate surface area is 101 Å². The minimum absolute atomic E-state index is 0.134. The van der Waals surface area contributed by atoms with Crippen LogP contribution in [0.2, 0.25) is 0 Å². The van der Waals surface area contributed by atoms with E-state index in [9.17, 15) is 4.39 Å². The highest BCUT2D eigenvalue weighted by Gasteiger charge is 2.28. The van der Waals surface area contributed by atoms with Crippen LogP contribution < -0.4 is 4.90 Å². The standard InChI is InChI=1S/C11H10BrFN2O/c12-10-8(3-14)1-2-9(11(10)13)15-4-7(5-15)6-16/h1-2,7,16H,4-6H2. The molecule has 2 rings (SSSR count). The van der Waals surface area contributed by atoms with Gasteiger partial charge in [-0.15, -0.1) is 0 Å². The zero-order chi connectivity index (χ0) is 11.7. The Balaban J connectivity index is 2.25. The molecule has 0 spiro atoms. The maximum atomic E-state index is 13.8. The van der Waals surface area contributed by atoms with Crippen molar-refractivity contribution in [2.45, 2.75) is 0 Å². The van der Waals surface area contributed by atoms with Crippen molar-refractivity contribution in [2.24, 2.45) is 5.92 Å². The molecule has 0 atom stereocenters. The number of halogens is 2. The summed E-state index contributed by atoms with van der Waals surface area (Å²) < 4.78 is 14.1. The van der Waals surface area contributed by atoms with Gasteiger partial charge < -0.3 is 10.0 Å². The fourth-order valence-corrected chi connectivity index (χ4v) is 2.18. The fourth-order valence-electron chi connectivity index (χ4n) is 1.75. The third-order valence-corrected chi connectivity index (χ3v) is 3.51. The SMILES string of the molecule is N#Cc1ccc(N2CC(CO)C2)c(F)c1Br. The molecular formula is C11H10BrFN2O. The lowest BCUT2D eigenvalue weighted by Gasteiger charge is -2.40. The topological polar surface area (TPSA) is 47.3 Å². The molecule has 1 fully saturated rings. The first-order chi connectivity index (χ1) is 7.67. The van der Waals surface area contributed by atoms with Crippen LogP contribution in [-0.2, 0) is 0 Å². The van der Waals surface area contributed by atoms with Gasteiger partial charge in [-0.3, -0.25) is 0 Å². The number of benzene rings is 1. The molecule has 84 valence electrons. The molecule has 0 aromatic heterocycles. The van der Waals surface area contributed by atoms with Crippen LogP contribution in [0.1, 0.15) is 5.56 Å². The van der Waals surface area contributed by atoms with Gasteiger partial charge in [0.2, 0.25) is 0 Å². The second kappa shape index (κ2) is 4.40. The van der Waals surface area contributed by atoms with E-state index in [0.717, 1.165) is 0 Å². The lowest BCUT2D eigenvalue weighted by Crippen LogP contribution is -2.48. The number of aliphatic hydroxyl groups is 1. The Hall–Kier alpha value is -1.12. The summed E-state index contributed by atoms with van der Waals surface area (Å²) in [5.74, 6) is -0.177. The van der Waals surface area contributed by atoms with E-state index < -0.39 is 5.82 Å². The molecule has 0 radical (unpaired) electrons. The van der Waals surface area contributed by atoms with E-state index in [0.29, 0.717) is 24.3 Å². The maximum absolute atomic E-state index is 13.8. The van der Waals surface area contributed by atoms with Crippen molar-refractivity contribution < 1.29 is 9.50 Å². The van der Waals surface area contributed by atoms with E-state index in [2.05, 4.69) is 15.9 Å². The molecule has 1 aromatic rings. The molecular weight excluding hydrogens is 275 g/mol. The van der Waals surface area contributed by atoms with Gasteiger partial charge in [0.1, 0.15) is 6.07 Å². The highest BCUT2D eigenvalue weighted by molar-refractivity contribution is 9.10. The van der Waals surface area contributed by atoms with Crippen molar-refractivity contribution in [3.05, 3.63) is 28.0 Å². The summed E-state index contributed by atoms with van der Waals surface area (Å²) in [6.07, 6.45) is 0. The summed E-state index contributed by atoms with van der Waals surface area (Å²) >= 11 is 3.07. The van der Waals surface area contributed by atoms with Crippen molar-refractivity contribution in [2.75, 3.05) is 24.6 Å². The molecule has 0 amide bonds. The summed E-state index contributed by atoms with van der Waals surface area (Å²) in [5.41, 5.74) is 0.774. The summed E-state index contributed by atoms with van der Waals surface area (Å²) in [5, 5.41) is 17.6. The Bertz CT molecular complexity index is 452. The average molecular weight is 285 g/mol. The van der Waals surface area contributed by atoms with Gasteiger partial charge in [0, 0.05) is 25.6 Å².